The average Bonchev–Trinajstić information content (AvgIpc) is 2.27. The third-order valence-electron chi connectivity index (χ3n) is 3.34. The molecule has 1 aliphatic carbocycles. The SMILES string of the molecule is CC1CCC(C#N)C(Oc2cc(Cl)cc(Cl)c2)C1. The largest absolute Gasteiger partial charge is 0.489 e. The lowest BCUT2D eigenvalue weighted by atomic mass is 9.81. The van der Waals surface area contributed by atoms with Crippen LogP contribution in [-0.2, 0) is 0 Å². The number of nitrogens with zero attached hydrogens (tertiary/aromatic N) is 1. The van der Waals surface area contributed by atoms with Crippen LogP contribution in [0.15, 0.2) is 18.2 Å². The van der Waals surface area contributed by atoms with Gasteiger partial charge in [-0.1, -0.05) is 30.1 Å². The highest BCUT2D eigenvalue weighted by Crippen LogP contribution is 2.33. The summed E-state index contributed by atoms with van der Waals surface area (Å²) in [5, 5.41) is 10.3. The van der Waals surface area contributed by atoms with E-state index in [-0.39, 0.29) is 12.0 Å². The summed E-state index contributed by atoms with van der Waals surface area (Å²) in [7, 11) is 0. The first-order chi connectivity index (χ1) is 8.58. The molecule has 96 valence electrons. The molecule has 4 heteroatoms. The zero-order valence-electron chi connectivity index (χ0n) is 10.2. The molecule has 1 saturated carbocycles. The van der Waals surface area contributed by atoms with Gasteiger partial charge in [0, 0.05) is 10.0 Å². The van der Waals surface area contributed by atoms with Crippen LogP contribution in [0.4, 0.5) is 0 Å². The molecule has 3 atom stereocenters. The summed E-state index contributed by atoms with van der Waals surface area (Å²) in [6.07, 6.45) is 2.83. The van der Waals surface area contributed by atoms with Crippen LogP contribution in [0.2, 0.25) is 10.0 Å². The molecular weight excluding hydrogens is 269 g/mol. The summed E-state index contributed by atoms with van der Waals surface area (Å²) in [5.74, 6) is 1.19. The van der Waals surface area contributed by atoms with Crippen LogP contribution in [-0.4, -0.2) is 6.10 Å². The molecule has 0 heterocycles. The van der Waals surface area contributed by atoms with Gasteiger partial charge in [-0.15, -0.1) is 0 Å². The number of benzene rings is 1. The van der Waals surface area contributed by atoms with Gasteiger partial charge in [0.25, 0.3) is 0 Å². The molecule has 0 radical (unpaired) electrons. The zero-order valence-corrected chi connectivity index (χ0v) is 11.7. The monoisotopic (exact) mass is 283 g/mol. The Balaban J connectivity index is 2.13. The van der Waals surface area contributed by atoms with Crippen LogP contribution in [0.3, 0.4) is 0 Å². The molecular formula is C14H15Cl2NO. The summed E-state index contributed by atoms with van der Waals surface area (Å²) < 4.78 is 5.90. The highest BCUT2D eigenvalue weighted by atomic mass is 35.5. The Bertz CT molecular complexity index is 449. The fourth-order valence-corrected chi connectivity index (χ4v) is 2.88. The molecule has 0 N–H and O–H groups in total. The zero-order chi connectivity index (χ0) is 13.1. The van der Waals surface area contributed by atoms with Gasteiger partial charge in [0.15, 0.2) is 0 Å². The molecule has 1 aromatic carbocycles. The van der Waals surface area contributed by atoms with Gasteiger partial charge in [-0.3, -0.25) is 0 Å². The number of rotatable bonds is 2. The summed E-state index contributed by atoms with van der Waals surface area (Å²) in [6.45, 7) is 2.19. The first kappa shape index (κ1) is 13.5. The van der Waals surface area contributed by atoms with Crippen molar-refractivity contribution in [3.63, 3.8) is 0 Å². The third-order valence-corrected chi connectivity index (χ3v) is 3.78. The van der Waals surface area contributed by atoms with Crippen LogP contribution in [0.5, 0.6) is 5.75 Å². The van der Waals surface area contributed by atoms with E-state index in [4.69, 9.17) is 33.2 Å². The van der Waals surface area contributed by atoms with Crippen molar-refractivity contribution in [2.75, 3.05) is 0 Å². The maximum absolute atomic E-state index is 9.15. The van der Waals surface area contributed by atoms with E-state index in [0.717, 1.165) is 19.3 Å². The van der Waals surface area contributed by atoms with Crippen molar-refractivity contribution >= 4 is 23.2 Å². The molecule has 2 nitrogen and oxygen atoms in total. The lowest BCUT2D eigenvalue weighted by Gasteiger charge is -2.31. The van der Waals surface area contributed by atoms with Crippen molar-refractivity contribution in [2.24, 2.45) is 11.8 Å². The van der Waals surface area contributed by atoms with Crippen molar-refractivity contribution < 1.29 is 4.74 Å². The Morgan fingerprint density at radius 2 is 1.89 bits per heavy atom. The summed E-state index contributed by atoms with van der Waals surface area (Å²) in [5.41, 5.74) is 0. The molecule has 0 saturated heterocycles. The quantitative estimate of drug-likeness (QED) is 0.788. The molecule has 3 unspecified atom stereocenters. The molecule has 0 aromatic heterocycles. The standard InChI is InChI=1S/C14H15Cl2NO/c1-9-2-3-10(8-17)14(4-9)18-13-6-11(15)5-12(16)7-13/h5-7,9-10,14H,2-4H2,1H3. The van der Waals surface area contributed by atoms with Crippen molar-refractivity contribution in [3.8, 4) is 11.8 Å². The highest BCUT2D eigenvalue weighted by Gasteiger charge is 2.30. The number of halogens is 2. The minimum absolute atomic E-state index is 0.0426. The van der Waals surface area contributed by atoms with E-state index in [1.165, 1.54) is 0 Å². The maximum atomic E-state index is 9.15. The Morgan fingerprint density at radius 1 is 1.22 bits per heavy atom. The molecule has 0 amide bonds. The van der Waals surface area contributed by atoms with Crippen molar-refractivity contribution in [1.82, 2.24) is 0 Å². The van der Waals surface area contributed by atoms with Crippen LogP contribution in [0, 0.1) is 23.2 Å². The predicted molar refractivity (Wildman–Crippen MR) is 73.0 cm³/mol. The van der Waals surface area contributed by atoms with Crippen LogP contribution >= 0.6 is 23.2 Å². The van der Waals surface area contributed by atoms with E-state index in [2.05, 4.69) is 13.0 Å². The molecule has 1 aliphatic rings. The van der Waals surface area contributed by atoms with Crippen molar-refractivity contribution in [1.29, 1.82) is 5.26 Å². The lowest BCUT2D eigenvalue weighted by Crippen LogP contribution is -2.32. The summed E-state index contributed by atoms with van der Waals surface area (Å²) >= 11 is 11.9. The topological polar surface area (TPSA) is 33.0 Å². The molecule has 1 aromatic rings. The maximum Gasteiger partial charge on any atom is 0.122 e. The fraction of sp³-hybridized carbons (Fsp3) is 0.500. The van der Waals surface area contributed by atoms with Crippen LogP contribution in [0.25, 0.3) is 0 Å². The van der Waals surface area contributed by atoms with E-state index in [1.54, 1.807) is 18.2 Å². The first-order valence-electron chi connectivity index (χ1n) is 6.11. The molecule has 1 fully saturated rings. The van der Waals surface area contributed by atoms with Gasteiger partial charge in [0.05, 0.1) is 12.0 Å². The Morgan fingerprint density at radius 3 is 2.50 bits per heavy atom. The molecule has 0 bridgehead atoms. The Hall–Kier alpha value is -0.910. The molecule has 2 rings (SSSR count). The summed E-state index contributed by atoms with van der Waals surface area (Å²) in [6, 6.07) is 7.48. The van der Waals surface area contributed by atoms with Crippen LogP contribution < -0.4 is 4.74 Å². The Kier molecular flexibility index (Phi) is 4.37. The van der Waals surface area contributed by atoms with E-state index in [1.807, 2.05) is 0 Å². The Labute approximate surface area is 117 Å². The van der Waals surface area contributed by atoms with Gasteiger partial charge in [-0.25, -0.2) is 0 Å². The van der Waals surface area contributed by atoms with Gasteiger partial charge >= 0.3 is 0 Å². The minimum Gasteiger partial charge on any atom is -0.489 e. The molecule has 0 aliphatic heterocycles. The van der Waals surface area contributed by atoms with E-state index in [9.17, 15) is 0 Å². The number of hydrogen-bond acceptors (Lipinski definition) is 2. The van der Waals surface area contributed by atoms with Gasteiger partial charge in [-0.2, -0.15) is 5.26 Å². The molecule has 18 heavy (non-hydrogen) atoms. The normalized spacial score (nSPS) is 27.6. The predicted octanol–water partition coefficient (Wildman–Crippen LogP) is 4.70. The molecule has 0 spiro atoms. The van der Waals surface area contributed by atoms with Gasteiger partial charge in [0.1, 0.15) is 11.9 Å². The van der Waals surface area contributed by atoms with Gasteiger partial charge < -0.3 is 4.74 Å². The smallest absolute Gasteiger partial charge is 0.122 e. The highest BCUT2D eigenvalue weighted by molar-refractivity contribution is 6.34. The second-order valence-corrected chi connectivity index (χ2v) is 5.79. The minimum atomic E-state index is -0.0618. The van der Waals surface area contributed by atoms with Crippen LogP contribution in [0.1, 0.15) is 26.2 Å². The fourth-order valence-electron chi connectivity index (χ4n) is 2.38. The van der Waals surface area contributed by atoms with E-state index in [0.29, 0.717) is 21.7 Å². The van der Waals surface area contributed by atoms with Gasteiger partial charge in [-0.05, 0) is 43.4 Å². The van der Waals surface area contributed by atoms with Crippen molar-refractivity contribution in [2.45, 2.75) is 32.3 Å². The third kappa shape index (κ3) is 3.31. The van der Waals surface area contributed by atoms with E-state index >= 15 is 0 Å². The first-order valence-corrected chi connectivity index (χ1v) is 6.86. The van der Waals surface area contributed by atoms with Gasteiger partial charge in [0.2, 0.25) is 0 Å². The number of ether oxygens (including phenoxy) is 1. The second-order valence-electron chi connectivity index (χ2n) is 4.92. The van der Waals surface area contributed by atoms with E-state index < -0.39 is 0 Å². The summed E-state index contributed by atoms with van der Waals surface area (Å²) in [4.78, 5) is 0. The number of nitriles is 1. The second kappa shape index (κ2) is 5.82. The lowest BCUT2D eigenvalue weighted by molar-refractivity contribution is 0.0956. The average molecular weight is 284 g/mol. The van der Waals surface area contributed by atoms with Crippen molar-refractivity contribution in [3.05, 3.63) is 28.2 Å². The number of hydrogen-bond donors (Lipinski definition) is 0.